The Morgan fingerprint density at radius 3 is 2.73 bits per heavy atom. The molecular weight excluding hydrogens is 278 g/mol. The number of carbonyl (C=O) groups is 1. The maximum atomic E-state index is 12.7. The minimum atomic E-state index is -0.0200. The number of amides is 1. The van der Waals surface area contributed by atoms with Gasteiger partial charge >= 0.3 is 0 Å². The maximum Gasteiger partial charge on any atom is 0.257 e. The molecule has 0 atom stereocenters. The van der Waals surface area contributed by atoms with Gasteiger partial charge in [-0.15, -0.1) is 0 Å². The van der Waals surface area contributed by atoms with Crippen LogP contribution in [0.2, 0.25) is 0 Å². The molecule has 22 heavy (non-hydrogen) atoms. The Morgan fingerprint density at radius 1 is 1.36 bits per heavy atom. The number of nitrogens with zero attached hydrogens (tertiary/aromatic N) is 3. The first-order valence-corrected chi connectivity index (χ1v) is 7.69. The van der Waals surface area contributed by atoms with Crippen molar-refractivity contribution in [3.05, 3.63) is 53.3 Å². The number of aliphatic hydroxyl groups excluding tert-OH is 1. The van der Waals surface area contributed by atoms with Crippen LogP contribution >= 0.6 is 0 Å². The van der Waals surface area contributed by atoms with E-state index < -0.39 is 0 Å². The monoisotopic (exact) mass is 299 g/mol. The second-order valence-corrected chi connectivity index (χ2v) is 5.74. The number of hydrogen-bond donors (Lipinski definition) is 1. The molecule has 1 aromatic carbocycles. The zero-order valence-electron chi connectivity index (χ0n) is 12.8. The highest BCUT2D eigenvalue weighted by Gasteiger charge is 2.33. The molecular formula is C17H21N3O2. The first-order chi connectivity index (χ1) is 10.7. The summed E-state index contributed by atoms with van der Waals surface area (Å²) in [6, 6.07) is 10.4. The van der Waals surface area contributed by atoms with Crippen LogP contribution < -0.4 is 0 Å². The zero-order valence-corrected chi connectivity index (χ0v) is 12.8. The number of benzene rings is 1. The summed E-state index contributed by atoms with van der Waals surface area (Å²) in [4.78, 5) is 14.4. The van der Waals surface area contributed by atoms with Gasteiger partial charge in [0.05, 0.1) is 24.9 Å². The van der Waals surface area contributed by atoms with Crippen LogP contribution in [0.4, 0.5) is 0 Å². The van der Waals surface area contributed by atoms with E-state index in [-0.39, 0.29) is 18.6 Å². The highest BCUT2D eigenvalue weighted by Crippen LogP contribution is 2.28. The van der Waals surface area contributed by atoms with Gasteiger partial charge in [-0.1, -0.05) is 30.3 Å². The smallest absolute Gasteiger partial charge is 0.257 e. The van der Waals surface area contributed by atoms with Crippen molar-refractivity contribution in [2.75, 3.05) is 13.2 Å². The molecule has 1 heterocycles. The van der Waals surface area contributed by atoms with Crippen molar-refractivity contribution in [3.8, 4) is 0 Å². The molecule has 116 valence electrons. The van der Waals surface area contributed by atoms with E-state index in [2.05, 4.69) is 5.10 Å². The largest absolute Gasteiger partial charge is 0.395 e. The number of aromatic nitrogens is 2. The fraction of sp³-hybridized carbons (Fsp3) is 0.412. The second kappa shape index (κ2) is 6.32. The van der Waals surface area contributed by atoms with Gasteiger partial charge < -0.3 is 10.0 Å². The molecule has 2 aromatic rings. The molecule has 3 rings (SSSR count). The quantitative estimate of drug-likeness (QED) is 0.885. The molecule has 1 aliphatic carbocycles. The number of hydrogen-bond acceptors (Lipinski definition) is 3. The maximum absolute atomic E-state index is 12.7. The van der Waals surface area contributed by atoms with Crippen molar-refractivity contribution in [2.24, 2.45) is 0 Å². The third-order valence-electron chi connectivity index (χ3n) is 4.10. The van der Waals surface area contributed by atoms with Crippen LogP contribution in [0.15, 0.2) is 36.5 Å². The van der Waals surface area contributed by atoms with Crippen LogP contribution in [0.1, 0.15) is 34.5 Å². The van der Waals surface area contributed by atoms with Gasteiger partial charge in [-0.3, -0.25) is 9.48 Å². The molecule has 0 bridgehead atoms. The molecule has 0 saturated heterocycles. The van der Waals surface area contributed by atoms with E-state index in [1.807, 2.05) is 41.9 Å². The highest BCUT2D eigenvalue weighted by molar-refractivity contribution is 5.95. The number of aliphatic hydroxyl groups is 1. The molecule has 0 spiro atoms. The Morgan fingerprint density at radius 2 is 2.09 bits per heavy atom. The van der Waals surface area contributed by atoms with Crippen molar-refractivity contribution in [2.45, 2.75) is 32.4 Å². The van der Waals surface area contributed by atoms with Crippen LogP contribution in [0.25, 0.3) is 0 Å². The molecule has 5 heteroatoms. The first kappa shape index (κ1) is 14.8. The van der Waals surface area contributed by atoms with Gasteiger partial charge in [0.25, 0.3) is 5.91 Å². The van der Waals surface area contributed by atoms with Gasteiger partial charge in [-0.25, -0.2) is 0 Å². The van der Waals surface area contributed by atoms with E-state index in [0.29, 0.717) is 18.7 Å². The van der Waals surface area contributed by atoms with E-state index in [0.717, 1.165) is 24.1 Å². The summed E-state index contributed by atoms with van der Waals surface area (Å²) in [6.07, 6.45) is 3.71. The third kappa shape index (κ3) is 3.04. The molecule has 1 aliphatic rings. The molecule has 1 aromatic heterocycles. The lowest BCUT2D eigenvalue weighted by molar-refractivity contribution is 0.0706. The predicted molar refractivity (Wildman–Crippen MR) is 83.7 cm³/mol. The Balaban J connectivity index is 1.79. The normalized spacial score (nSPS) is 14.1. The average molecular weight is 299 g/mol. The topological polar surface area (TPSA) is 58.4 Å². The Labute approximate surface area is 130 Å². The second-order valence-electron chi connectivity index (χ2n) is 5.74. The first-order valence-electron chi connectivity index (χ1n) is 7.69. The van der Waals surface area contributed by atoms with E-state index >= 15 is 0 Å². The summed E-state index contributed by atoms with van der Waals surface area (Å²) in [5.74, 6) is -0.0200. The van der Waals surface area contributed by atoms with Crippen LogP contribution in [-0.2, 0) is 6.54 Å². The van der Waals surface area contributed by atoms with Crippen molar-refractivity contribution < 1.29 is 9.90 Å². The van der Waals surface area contributed by atoms with Gasteiger partial charge in [-0.2, -0.15) is 5.10 Å². The van der Waals surface area contributed by atoms with Crippen LogP contribution in [0.5, 0.6) is 0 Å². The summed E-state index contributed by atoms with van der Waals surface area (Å²) in [7, 11) is 0. The van der Waals surface area contributed by atoms with Gasteiger partial charge in [0.2, 0.25) is 0 Å². The molecule has 0 aliphatic heterocycles. The minimum absolute atomic E-state index is 0.000555. The lowest BCUT2D eigenvalue weighted by atomic mass is 10.2. The van der Waals surface area contributed by atoms with E-state index in [1.165, 1.54) is 0 Å². The van der Waals surface area contributed by atoms with Crippen LogP contribution in [0, 0.1) is 6.92 Å². The van der Waals surface area contributed by atoms with E-state index in [4.69, 9.17) is 5.11 Å². The molecule has 0 radical (unpaired) electrons. The van der Waals surface area contributed by atoms with Gasteiger partial charge in [0.15, 0.2) is 0 Å². The summed E-state index contributed by atoms with van der Waals surface area (Å²) >= 11 is 0. The van der Waals surface area contributed by atoms with Crippen molar-refractivity contribution in [3.63, 3.8) is 0 Å². The lowest BCUT2D eigenvalue weighted by Gasteiger charge is -2.21. The Kier molecular flexibility index (Phi) is 4.24. The highest BCUT2D eigenvalue weighted by atomic mass is 16.3. The van der Waals surface area contributed by atoms with Crippen molar-refractivity contribution in [1.82, 2.24) is 14.7 Å². The lowest BCUT2D eigenvalue weighted by Crippen LogP contribution is -2.35. The van der Waals surface area contributed by atoms with Crippen LogP contribution in [0.3, 0.4) is 0 Å². The van der Waals surface area contributed by atoms with Gasteiger partial charge in [0.1, 0.15) is 0 Å². The minimum Gasteiger partial charge on any atom is -0.395 e. The molecule has 0 unspecified atom stereocenters. The Hall–Kier alpha value is -2.14. The zero-order chi connectivity index (χ0) is 15.5. The molecule has 5 nitrogen and oxygen atoms in total. The third-order valence-corrected chi connectivity index (χ3v) is 4.10. The molecule has 1 amide bonds. The predicted octanol–water partition coefficient (Wildman–Crippen LogP) is 1.84. The molecule has 1 saturated carbocycles. The fourth-order valence-corrected chi connectivity index (χ4v) is 2.67. The van der Waals surface area contributed by atoms with Crippen molar-refractivity contribution >= 4 is 5.91 Å². The average Bonchev–Trinajstić information content (AvgIpc) is 3.31. The van der Waals surface area contributed by atoms with Gasteiger partial charge in [0, 0.05) is 18.3 Å². The van der Waals surface area contributed by atoms with E-state index in [9.17, 15) is 4.79 Å². The number of carbonyl (C=O) groups excluding carboxylic acids is 1. The SMILES string of the molecule is Cc1c(C(=O)N(CCO)C2CC2)cnn1Cc1ccccc1. The standard InChI is InChI=1S/C17H21N3O2/c1-13-16(17(22)19(9-10-21)15-7-8-15)11-18-20(13)12-14-5-3-2-4-6-14/h2-6,11,15,21H,7-10,12H2,1H3. The molecule has 1 fully saturated rings. The summed E-state index contributed by atoms with van der Waals surface area (Å²) in [5.41, 5.74) is 2.66. The summed E-state index contributed by atoms with van der Waals surface area (Å²) in [5, 5.41) is 13.5. The van der Waals surface area contributed by atoms with E-state index in [1.54, 1.807) is 11.1 Å². The number of rotatable bonds is 6. The van der Waals surface area contributed by atoms with Gasteiger partial charge in [-0.05, 0) is 25.3 Å². The Bertz CT molecular complexity index is 647. The summed E-state index contributed by atoms with van der Waals surface area (Å²) in [6.45, 7) is 2.98. The van der Waals surface area contributed by atoms with Crippen LogP contribution in [-0.4, -0.2) is 44.9 Å². The summed E-state index contributed by atoms with van der Waals surface area (Å²) < 4.78 is 1.85. The molecule has 1 N–H and O–H groups in total. The fourth-order valence-electron chi connectivity index (χ4n) is 2.67. The van der Waals surface area contributed by atoms with Crippen molar-refractivity contribution in [1.29, 1.82) is 0 Å².